The molecular formula is C13H17N3O. The average molecular weight is 231 g/mol. The van der Waals surface area contributed by atoms with E-state index in [9.17, 15) is 4.79 Å². The number of nitrogens with zero attached hydrogens (tertiary/aromatic N) is 1. The monoisotopic (exact) mass is 231 g/mol. The summed E-state index contributed by atoms with van der Waals surface area (Å²) in [5.74, 6) is 0.127. The van der Waals surface area contributed by atoms with Gasteiger partial charge in [0.05, 0.1) is 12.5 Å². The number of amides is 1. The van der Waals surface area contributed by atoms with Gasteiger partial charge >= 0.3 is 0 Å². The van der Waals surface area contributed by atoms with Crippen LogP contribution < -0.4 is 11.1 Å². The quantitative estimate of drug-likeness (QED) is 0.599. The number of rotatable bonds is 5. The molecule has 0 spiro atoms. The van der Waals surface area contributed by atoms with Crippen molar-refractivity contribution in [3.8, 4) is 6.07 Å². The average Bonchev–Trinajstić information content (AvgIpc) is 2.30. The van der Waals surface area contributed by atoms with Gasteiger partial charge in [-0.2, -0.15) is 5.26 Å². The van der Waals surface area contributed by atoms with E-state index in [1.165, 1.54) is 0 Å². The molecule has 1 unspecified atom stereocenters. The molecule has 0 heterocycles. The standard InChI is InChI=1S/C13H17N3O/c1-10(9-13(17)16-8-2-7-14)11-3-5-12(15)6-4-11/h3-6,10H,2,8-9,15H2,1H3,(H,16,17). The number of carbonyl (C=O) groups is 1. The van der Waals surface area contributed by atoms with E-state index in [0.717, 1.165) is 11.3 Å². The molecule has 1 atom stereocenters. The van der Waals surface area contributed by atoms with E-state index >= 15 is 0 Å². The topological polar surface area (TPSA) is 78.9 Å². The van der Waals surface area contributed by atoms with Gasteiger partial charge in [0.2, 0.25) is 5.91 Å². The molecule has 0 fully saturated rings. The second kappa shape index (κ2) is 6.54. The zero-order valence-electron chi connectivity index (χ0n) is 9.94. The van der Waals surface area contributed by atoms with E-state index in [1.54, 1.807) is 0 Å². The molecule has 0 saturated heterocycles. The van der Waals surface area contributed by atoms with Gasteiger partial charge in [-0.1, -0.05) is 19.1 Å². The molecule has 0 aliphatic rings. The minimum Gasteiger partial charge on any atom is -0.399 e. The lowest BCUT2D eigenvalue weighted by atomic mass is 9.97. The summed E-state index contributed by atoms with van der Waals surface area (Å²) in [5, 5.41) is 11.1. The first-order valence-corrected chi connectivity index (χ1v) is 5.62. The summed E-state index contributed by atoms with van der Waals surface area (Å²) in [5.41, 5.74) is 7.41. The Morgan fingerprint density at radius 2 is 2.12 bits per heavy atom. The maximum atomic E-state index is 11.5. The molecule has 0 aliphatic carbocycles. The number of hydrogen-bond acceptors (Lipinski definition) is 3. The molecule has 1 aromatic rings. The molecule has 0 bridgehead atoms. The SMILES string of the molecule is CC(CC(=O)NCCC#N)c1ccc(N)cc1. The normalized spacial score (nSPS) is 11.5. The maximum absolute atomic E-state index is 11.5. The zero-order chi connectivity index (χ0) is 12.7. The third-order valence-corrected chi connectivity index (χ3v) is 2.56. The highest BCUT2D eigenvalue weighted by molar-refractivity contribution is 5.76. The highest BCUT2D eigenvalue weighted by atomic mass is 16.1. The number of anilines is 1. The summed E-state index contributed by atoms with van der Waals surface area (Å²) in [6.45, 7) is 2.42. The van der Waals surface area contributed by atoms with Crippen LogP contribution >= 0.6 is 0 Å². The van der Waals surface area contributed by atoms with Crippen LogP contribution in [0.1, 0.15) is 31.2 Å². The summed E-state index contributed by atoms with van der Waals surface area (Å²) in [6.07, 6.45) is 0.775. The minimum atomic E-state index is -0.0235. The second-order valence-electron chi connectivity index (χ2n) is 4.03. The first kappa shape index (κ1) is 13.0. The fourth-order valence-electron chi connectivity index (χ4n) is 1.55. The van der Waals surface area contributed by atoms with E-state index in [0.29, 0.717) is 19.4 Å². The summed E-state index contributed by atoms with van der Waals surface area (Å²) < 4.78 is 0. The Bertz CT molecular complexity index is 406. The number of nitrogens with one attached hydrogen (secondary N) is 1. The van der Waals surface area contributed by atoms with Crippen molar-refractivity contribution in [2.45, 2.75) is 25.7 Å². The number of nitriles is 1. The van der Waals surface area contributed by atoms with E-state index in [4.69, 9.17) is 11.0 Å². The molecular weight excluding hydrogens is 214 g/mol. The molecule has 1 aromatic carbocycles. The number of hydrogen-bond donors (Lipinski definition) is 2. The van der Waals surface area contributed by atoms with Gasteiger partial charge in [0.1, 0.15) is 0 Å². The van der Waals surface area contributed by atoms with Crippen LogP contribution in [0.4, 0.5) is 5.69 Å². The van der Waals surface area contributed by atoms with Crippen molar-refractivity contribution in [1.82, 2.24) is 5.32 Å². The summed E-state index contributed by atoms with van der Waals surface area (Å²) in [7, 11) is 0. The van der Waals surface area contributed by atoms with Crippen molar-refractivity contribution < 1.29 is 4.79 Å². The minimum absolute atomic E-state index is 0.0235. The maximum Gasteiger partial charge on any atom is 0.220 e. The van der Waals surface area contributed by atoms with Gasteiger partial charge in [0.25, 0.3) is 0 Å². The van der Waals surface area contributed by atoms with Gasteiger partial charge in [-0.25, -0.2) is 0 Å². The highest BCUT2D eigenvalue weighted by Crippen LogP contribution is 2.19. The first-order valence-electron chi connectivity index (χ1n) is 5.62. The zero-order valence-corrected chi connectivity index (χ0v) is 9.94. The van der Waals surface area contributed by atoms with E-state index in [-0.39, 0.29) is 11.8 Å². The van der Waals surface area contributed by atoms with Crippen molar-refractivity contribution in [3.63, 3.8) is 0 Å². The number of nitrogen functional groups attached to an aromatic ring is 1. The Hall–Kier alpha value is -2.02. The van der Waals surface area contributed by atoms with E-state index in [1.807, 2.05) is 37.3 Å². The Labute approximate surface area is 101 Å². The van der Waals surface area contributed by atoms with Crippen LogP contribution in [0, 0.1) is 11.3 Å². The van der Waals surface area contributed by atoms with Gasteiger partial charge in [-0.3, -0.25) is 4.79 Å². The van der Waals surface area contributed by atoms with Crippen LogP contribution in [-0.4, -0.2) is 12.5 Å². The van der Waals surface area contributed by atoms with Crippen LogP contribution in [0.5, 0.6) is 0 Å². The smallest absolute Gasteiger partial charge is 0.220 e. The van der Waals surface area contributed by atoms with Crippen LogP contribution in [0.3, 0.4) is 0 Å². The largest absolute Gasteiger partial charge is 0.399 e. The van der Waals surface area contributed by atoms with Gasteiger partial charge in [-0.15, -0.1) is 0 Å². The van der Waals surface area contributed by atoms with Gasteiger partial charge in [-0.05, 0) is 23.6 Å². The van der Waals surface area contributed by atoms with Crippen LogP contribution in [0.15, 0.2) is 24.3 Å². The lowest BCUT2D eigenvalue weighted by molar-refractivity contribution is -0.121. The van der Waals surface area contributed by atoms with Gasteiger partial charge in [0, 0.05) is 18.7 Å². The van der Waals surface area contributed by atoms with Gasteiger partial charge < -0.3 is 11.1 Å². The van der Waals surface area contributed by atoms with Crippen molar-refractivity contribution in [3.05, 3.63) is 29.8 Å². The fourth-order valence-corrected chi connectivity index (χ4v) is 1.55. The summed E-state index contributed by atoms with van der Waals surface area (Å²) in [6, 6.07) is 9.52. The first-order chi connectivity index (χ1) is 8.13. The third kappa shape index (κ3) is 4.56. The van der Waals surface area contributed by atoms with Crippen LogP contribution in [0.2, 0.25) is 0 Å². The molecule has 1 rings (SSSR count). The molecule has 0 radical (unpaired) electrons. The highest BCUT2D eigenvalue weighted by Gasteiger charge is 2.10. The Kier molecular flexibility index (Phi) is 5.02. The Balaban J connectivity index is 2.43. The Morgan fingerprint density at radius 3 is 2.71 bits per heavy atom. The van der Waals surface area contributed by atoms with E-state index in [2.05, 4.69) is 5.32 Å². The lowest BCUT2D eigenvalue weighted by Gasteiger charge is -2.11. The van der Waals surface area contributed by atoms with Gasteiger partial charge in [0.15, 0.2) is 0 Å². The molecule has 4 nitrogen and oxygen atoms in total. The lowest BCUT2D eigenvalue weighted by Crippen LogP contribution is -2.25. The van der Waals surface area contributed by atoms with Crippen molar-refractivity contribution in [2.75, 3.05) is 12.3 Å². The predicted octanol–water partition coefficient (Wildman–Crippen LogP) is 1.79. The third-order valence-electron chi connectivity index (χ3n) is 2.56. The Morgan fingerprint density at radius 1 is 1.47 bits per heavy atom. The van der Waals surface area contributed by atoms with Crippen LogP contribution in [-0.2, 0) is 4.79 Å². The molecule has 4 heteroatoms. The molecule has 17 heavy (non-hydrogen) atoms. The second-order valence-corrected chi connectivity index (χ2v) is 4.03. The molecule has 0 aromatic heterocycles. The number of nitrogens with two attached hydrogens (primary N) is 1. The fraction of sp³-hybridized carbons (Fsp3) is 0.385. The summed E-state index contributed by atoms with van der Waals surface area (Å²) >= 11 is 0. The summed E-state index contributed by atoms with van der Waals surface area (Å²) in [4.78, 5) is 11.5. The van der Waals surface area contributed by atoms with E-state index < -0.39 is 0 Å². The van der Waals surface area contributed by atoms with Crippen molar-refractivity contribution in [1.29, 1.82) is 5.26 Å². The number of benzene rings is 1. The molecule has 3 N–H and O–H groups in total. The predicted molar refractivity (Wildman–Crippen MR) is 67.1 cm³/mol. The molecule has 0 aliphatic heterocycles. The van der Waals surface area contributed by atoms with Crippen molar-refractivity contribution in [2.24, 2.45) is 0 Å². The van der Waals surface area contributed by atoms with Crippen LogP contribution in [0.25, 0.3) is 0 Å². The number of carbonyl (C=O) groups excluding carboxylic acids is 1. The molecule has 90 valence electrons. The van der Waals surface area contributed by atoms with Crippen molar-refractivity contribution >= 4 is 11.6 Å². The molecule has 0 saturated carbocycles. The molecule has 1 amide bonds.